The maximum atomic E-state index is 12.0. The van der Waals surface area contributed by atoms with Gasteiger partial charge in [-0.1, -0.05) is 12.8 Å². The van der Waals surface area contributed by atoms with Crippen LogP contribution in [0.15, 0.2) is 30.6 Å². The Balaban J connectivity index is 0.000000924. The lowest BCUT2D eigenvalue weighted by Gasteiger charge is -2.27. The Morgan fingerprint density at radius 3 is 3.00 bits per heavy atom. The summed E-state index contributed by atoms with van der Waals surface area (Å²) < 4.78 is 0. The van der Waals surface area contributed by atoms with Gasteiger partial charge in [-0.3, -0.25) is 4.79 Å². The smallest absolute Gasteiger partial charge is 0.244 e. The summed E-state index contributed by atoms with van der Waals surface area (Å²) in [5.41, 5.74) is 6.28. The van der Waals surface area contributed by atoms with Gasteiger partial charge in [0.25, 0.3) is 0 Å². The summed E-state index contributed by atoms with van der Waals surface area (Å²) >= 11 is 6.25. The van der Waals surface area contributed by atoms with Crippen LogP contribution >= 0.6 is 11.6 Å². The molecule has 2 heterocycles. The molecule has 1 aliphatic rings. The van der Waals surface area contributed by atoms with Crippen LogP contribution in [0.4, 0.5) is 0 Å². The number of nitrogens with two attached hydrogens (primary N) is 1. The first-order valence-electron chi connectivity index (χ1n) is 7.86. The van der Waals surface area contributed by atoms with Gasteiger partial charge in [0.15, 0.2) is 0 Å². The molecule has 5 nitrogen and oxygen atoms in total. The van der Waals surface area contributed by atoms with Gasteiger partial charge < -0.3 is 16.0 Å². The molecule has 4 N–H and O–H groups in total. The second-order valence-corrected chi connectivity index (χ2v) is 5.95. The molecule has 3 rings (SSSR count). The van der Waals surface area contributed by atoms with E-state index in [-0.39, 0.29) is 17.3 Å². The number of fused-ring (bicyclic) bond motifs is 1. The van der Waals surface area contributed by atoms with Crippen LogP contribution in [0, 0.1) is 0 Å². The fourth-order valence-electron chi connectivity index (χ4n) is 2.76. The van der Waals surface area contributed by atoms with Crippen molar-refractivity contribution in [1.29, 1.82) is 0 Å². The molecular formula is C17H23ClN4O. The van der Waals surface area contributed by atoms with E-state index in [2.05, 4.69) is 21.0 Å². The third-order valence-electron chi connectivity index (χ3n) is 3.91. The van der Waals surface area contributed by atoms with Crippen LogP contribution in [0.1, 0.15) is 31.2 Å². The number of amides is 1. The number of hydrogen-bond acceptors (Lipinski definition) is 3. The number of carbonyl (C=O) groups is 1. The van der Waals surface area contributed by atoms with Gasteiger partial charge in [-0.15, -0.1) is 11.6 Å². The predicted molar refractivity (Wildman–Crippen MR) is 95.3 cm³/mol. The van der Waals surface area contributed by atoms with E-state index in [4.69, 9.17) is 11.6 Å². The quantitative estimate of drug-likeness (QED) is 0.596. The molecular weight excluding hydrogens is 312 g/mol. The van der Waals surface area contributed by atoms with Crippen molar-refractivity contribution in [3.63, 3.8) is 0 Å². The lowest BCUT2D eigenvalue weighted by molar-refractivity contribution is -0.117. The first kappa shape index (κ1) is 17.5. The van der Waals surface area contributed by atoms with Crippen molar-refractivity contribution < 1.29 is 4.79 Å². The zero-order chi connectivity index (χ0) is 16.7. The van der Waals surface area contributed by atoms with E-state index >= 15 is 0 Å². The number of halogens is 1. The first-order chi connectivity index (χ1) is 11.2. The summed E-state index contributed by atoms with van der Waals surface area (Å²) in [5.74, 6) is -0.0919. The number of pyridine rings is 1. The number of H-pyrrole nitrogens is 1. The van der Waals surface area contributed by atoms with E-state index in [1.807, 2.05) is 24.4 Å². The Kier molecular flexibility index (Phi) is 6.62. The number of hydrogen-bond donors (Lipinski definition) is 3. The van der Waals surface area contributed by atoms with E-state index in [0.29, 0.717) is 0 Å². The number of rotatable bonds is 3. The summed E-state index contributed by atoms with van der Waals surface area (Å²) in [5, 5.41) is 4.05. The predicted octanol–water partition coefficient (Wildman–Crippen LogP) is 2.82. The Labute approximate surface area is 141 Å². The molecule has 0 unspecified atom stereocenters. The van der Waals surface area contributed by atoms with Crippen molar-refractivity contribution in [3.8, 4) is 0 Å². The molecule has 23 heavy (non-hydrogen) atoms. The zero-order valence-corrected chi connectivity index (χ0v) is 14.0. The molecule has 0 aliphatic heterocycles. The minimum Gasteiger partial charge on any atom is -0.348 e. The van der Waals surface area contributed by atoms with E-state index in [1.54, 1.807) is 12.3 Å². The maximum Gasteiger partial charge on any atom is 0.244 e. The molecule has 0 aromatic carbocycles. The molecule has 6 heteroatoms. The highest BCUT2D eigenvalue weighted by Gasteiger charge is 2.23. The number of aromatic nitrogens is 2. The topological polar surface area (TPSA) is 83.8 Å². The fraction of sp³-hybridized carbons (Fsp3) is 0.412. The summed E-state index contributed by atoms with van der Waals surface area (Å²) in [4.78, 5) is 19.3. The molecule has 1 fully saturated rings. The van der Waals surface area contributed by atoms with Crippen LogP contribution in [-0.4, -0.2) is 34.3 Å². The van der Waals surface area contributed by atoms with E-state index in [9.17, 15) is 4.79 Å². The SMILES string of the molecule is CN.O=C(/C=C/c1c[nH]c2ncccc12)N[C@H]1CCCC[C@@H]1Cl. The zero-order valence-electron chi connectivity index (χ0n) is 13.3. The molecule has 124 valence electrons. The molecule has 0 saturated heterocycles. The van der Waals surface area contributed by atoms with Crippen LogP contribution in [0.25, 0.3) is 17.1 Å². The summed E-state index contributed by atoms with van der Waals surface area (Å²) in [6, 6.07) is 3.95. The van der Waals surface area contributed by atoms with Crippen molar-refractivity contribution in [2.75, 3.05) is 7.05 Å². The summed E-state index contributed by atoms with van der Waals surface area (Å²) in [6.07, 6.45) is 11.2. The van der Waals surface area contributed by atoms with Gasteiger partial charge in [0.2, 0.25) is 5.91 Å². The lowest BCUT2D eigenvalue weighted by atomic mass is 9.95. The summed E-state index contributed by atoms with van der Waals surface area (Å²) in [6.45, 7) is 0. The van der Waals surface area contributed by atoms with Gasteiger partial charge in [-0.2, -0.15) is 0 Å². The largest absolute Gasteiger partial charge is 0.348 e. The number of aromatic amines is 1. The monoisotopic (exact) mass is 334 g/mol. The molecule has 2 aromatic rings. The van der Waals surface area contributed by atoms with E-state index in [1.165, 1.54) is 7.05 Å². The second kappa shape index (κ2) is 8.70. The number of nitrogens with one attached hydrogen (secondary N) is 2. The molecule has 1 saturated carbocycles. The van der Waals surface area contributed by atoms with Gasteiger partial charge in [0, 0.05) is 35.5 Å². The van der Waals surface area contributed by atoms with Crippen molar-refractivity contribution in [3.05, 3.63) is 36.2 Å². The van der Waals surface area contributed by atoms with E-state index < -0.39 is 0 Å². The van der Waals surface area contributed by atoms with Crippen molar-refractivity contribution in [2.24, 2.45) is 5.73 Å². The Morgan fingerprint density at radius 1 is 1.43 bits per heavy atom. The van der Waals surface area contributed by atoms with Crippen molar-refractivity contribution in [1.82, 2.24) is 15.3 Å². The van der Waals surface area contributed by atoms with Gasteiger partial charge in [0.05, 0.1) is 5.38 Å². The third kappa shape index (κ3) is 4.56. The average molecular weight is 335 g/mol. The molecule has 0 radical (unpaired) electrons. The Morgan fingerprint density at radius 2 is 2.22 bits per heavy atom. The molecule has 1 amide bonds. The fourth-order valence-corrected chi connectivity index (χ4v) is 3.10. The molecule has 0 spiro atoms. The Bertz CT molecular complexity index is 667. The van der Waals surface area contributed by atoms with Crippen LogP contribution in [-0.2, 0) is 4.79 Å². The highest BCUT2D eigenvalue weighted by molar-refractivity contribution is 6.21. The molecule has 0 bridgehead atoms. The first-order valence-corrected chi connectivity index (χ1v) is 8.30. The normalized spacial score (nSPS) is 21.0. The number of alkyl halides is 1. The van der Waals surface area contributed by atoms with Gasteiger partial charge in [-0.05, 0) is 38.1 Å². The van der Waals surface area contributed by atoms with Gasteiger partial charge >= 0.3 is 0 Å². The van der Waals surface area contributed by atoms with Crippen LogP contribution in [0.3, 0.4) is 0 Å². The minimum absolute atomic E-state index is 0.0494. The van der Waals surface area contributed by atoms with E-state index in [0.717, 1.165) is 42.3 Å². The number of nitrogens with zero attached hydrogens (tertiary/aromatic N) is 1. The number of carbonyl (C=O) groups excluding carboxylic acids is 1. The molecule has 2 aromatic heterocycles. The minimum atomic E-state index is -0.0919. The van der Waals surface area contributed by atoms with Crippen LogP contribution in [0.5, 0.6) is 0 Å². The molecule has 2 atom stereocenters. The van der Waals surface area contributed by atoms with Crippen LogP contribution in [0.2, 0.25) is 0 Å². The lowest BCUT2D eigenvalue weighted by Crippen LogP contribution is -2.42. The van der Waals surface area contributed by atoms with Gasteiger partial charge in [0.1, 0.15) is 5.65 Å². The second-order valence-electron chi connectivity index (χ2n) is 5.39. The van der Waals surface area contributed by atoms with Crippen molar-refractivity contribution in [2.45, 2.75) is 37.1 Å². The highest BCUT2D eigenvalue weighted by atomic mass is 35.5. The highest BCUT2D eigenvalue weighted by Crippen LogP contribution is 2.23. The standard InChI is InChI=1S/C16H18ClN3O.CH5N/c17-13-5-1-2-6-14(13)20-15(21)8-7-11-10-19-16-12(11)4-3-9-18-16;1-2/h3-4,7-10,13-14H,1-2,5-6H2,(H,18,19)(H,20,21);2H2,1H3/b8-7+;/t13-,14-;/m0./s1. The average Bonchev–Trinajstić information content (AvgIpc) is 3.00. The van der Waals surface area contributed by atoms with Crippen molar-refractivity contribution >= 4 is 34.6 Å². The van der Waals surface area contributed by atoms with Crippen LogP contribution < -0.4 is 11.1 Å². The Hall–Kier alpha value is -1.85. The van der Waals surface area contributed by atoms with Gasteiger partial charge in [-0.25, -0.2) is 4.98 Å². The third-order valence-corrected chi connectivity index (χ3v) is 4.43. The molecule has 1 aliphatic carbocycles. The maximum absolute atomic E-state index is 12.0. The summed E-state index contributed by atoms with van der Waals surface area (Å²) in [7, 11) is 1.50.